The first-order chi connectivity index (χ1) is 17.5. The predicted octanol–water partition coefficient (Wildman–Crippen LogP) is 1.58. The number of rotatable bonds is 8. The second-order valence-corrected chi connectivity index (χ2v) is 8.51. The van der Waals surface area contributed by atoms with Gasteiger partial charge in [-0.15, -0.1) is 0 Å². The number of benzene rings is 2. The highest BCUT2D eigenvalue weighted by atomic mass is 16.7. The van der Waals surface area contributed by atoms with E-state index in [0.29, 0.717) is 0 Å². The number of hydrogen-bond acceptors (Lipinski definition) is 10. The quantitative estimate of drug-likeness (QED) is 0.406. The number of nitrogens with one attached hydrogen (secondary N) is 1. The van der Waals surface area contributed by atoms with Crippen LogP contribution in [0, 0.1) is 0 Å². The zero-order chi connectivity index (χ0) is 27.1. The van der Waals surface area contributed by atoms with Crippen molar-refractivity contribution >= 4 is 40.6 Å². The Labute approximate surface area is 213 Å². The molecule has 0 spiro atoms. The van der Waals surface area contributed by atoms with Crippen LogP contribution in [0.5, 0.6) is 0 Å². The average Bonchev–Trinajstić information content (AvgIpc) is 2.81. The molecule has 5 atom stereocenters. The van der Waals surface area contributed by atoms with Crippen LogP contribution < -0.4 is 5.32 Å². The van der Waals surface area contributed by atoms with E-state index in [1.807, 2.05) is 42.5 Å². The number of carbonyl (C=O) groups is 5. The fourth-order valence-corrected chi connectivity index (χ4v) is 4.18. The lowest BCUT2D eigenvalue weighted by Crippen LogP contribution is -2.67. The Morgan fingerprint density at radius 1 is 0.784 bits per heavy atom. The van der Waals surface area contributed by atoms with Crippen LogP contribution in [0.2, 0.25) is 0 Å². The summed E-state index contributed by atoms with van der Waals surface area (Å²) in [5.41, 5.74) is 0.740. The lowest BCUT2D eigenvalue weighted by Gasteiger charge is -2.44. The molecule has 1 fully saturated rings. The average molecular weight is 516 g/mol. The highest BCUT2D eigenvalue weighted by Gasteiger charge is 2.52. The smallest absolute Gasteiger partial charge is 0.305 e. The molecule has 37 heavy (non-hydrogen) atoms. The fourth-order valence-electron chi connectivity index (χ4n) is 4.18. The number of ether oxygens (including phenoxy) is 5. The highest BCUT2D eigenvalue weighted by Crippen LogP contribution is 2.28. The third kappa shape index (κ3) is 7.50. The standard InChI is InChI=1S/C26H29NO10/c1-14(28)33-13-21-24(34-15(2)29)25(35-16(3)30)23(26(37-21)36-17(4)31)27-22(32)12-19-10-7-9-18-8-5-6-11-20(18)19/h5-11,21,23-26H,12-13H2,1-4H3,(H,27,32)/t21-,23+,24+,25-,26-/m0/s1. The van der Waals surface area contributed by atoms with Crippen molar-refractivity contribution in [2.24, 2.45) is 0 Å². The lowest BCUT2D eigenvalue weighted by molar-refractivity contribution is -0.271. The van der Waals surface area contributed by atoms with E-state index in [1.165, 1.54) is 6.92 Å². The molecule has 0 aliphatic carbocycles. The zero-order valence-electron chi connectivity index (χ0n) is 20.9. The molecule has 2 aromatic carbocycles. The Bertz CT molecular complexity index is 1170. The molecule has 2 aromatic rings. The predicted molar refractivity (Wildman–Crippen MR) is 128 cm³/mol. The monoisotopic (exact) mass is 515 g/mol. The SMILES string of the molecule is CC(=O)OC[C@@H]1O[C@H](OC(C)=O)[C@H](NC(=O)Cc2cccc3ccccc23)[C@H](OC(C)=O)[C@@H]1OC(C)=O. The number of hydrogen-bond donors (Lipinski definition) is 1. The van der Waals surface area contributed by atoms with Crippen molar-refractivity contribution in [2.45, 2.75) is 64.8 Å². The van der Waals surface area contributed by atoms with Gasteiger partial charge < -0.3 is 29.0 Å². The van der Waals surface area contributed by atoms with Gasteiger partial charge in [0.25, 0.3) is 0 Å². The molecule has 0 saturated carbocycles. The summed E-state index contributed by atoms with van der Waals surface area (Å²) in [5.74, 6) is -3.34. The summed E-state index contributed by atoms with van der Waals surface area (Å²) in [6.07, 6.45) is -5.25. The largest absolute Gasteiger partial charge is 0.463 e. The van der Waals surface area contributed by atoms with E-state index in [0.717, 1.165) is 37.1 Å². The lowest BCUT2D eigenvalue weighted by atomic mass is 9.95. The van der Waals surface area contributed by atoms with Gasteiger partial charge in [-0.05, 0) is 16.3 Å². The first-order valence-electron chi connectivity index (χ1n) is 11.6. The summed E-state index contributed by atoms with van der Waals surface area (Å²) in [6.45, 7) is 4.20. The Morgan fingerprint density at radius 2 is 1.41 bits per heavy atom. The topological polar surface area (TPSA) is 144 Å². The summed E-state index contributed by atoms with van der Waals surface area (Å²) >= 11 is 0. The molecule has 0 bridgehead atoms. The maximum Gasteiger partial charge on any atom is 0.305 e. The van der Waals surface area contributed by atoms with Crippen LogP contribution in [-0.2, 0) is 54.1 Å². The Hall–Kier alpha value is -3.99. The molecule has 1 aliphatic heterocycles. The number of amides is 1. The van der Waals surface area contributed by atoms with Crippen LogP contribution in [0.25, 0.3) is 10.8 Å². The molecule has 3 rings (SSSR count). The molecule has 1 saturated heterocycles. The second-order valence-electron chi connectivity index (χ2n) is 8.51. The van der Waals surface area contributed by atoms with Gasteiger partial charge in [-0.25, -0.2) is 0 Å². The number of carbonyl (C=O) groups excluding carboxylic acids is 5. The Morgan fingerprint density at radius 3 is 2.05 bits per heavy atom. The van der Waals surface area contributed by atoms with E-state index in [1.54, 1.807) is 0 Å². The van der Waals surface area contributed by atoms with Crippen LogP contribution in [-0.4, -0.2) is 67.0 Å². The maximum absolute atomic E-state index is 13.2. The molecule has 1 aliphatic rings. The van der Waals surface area contributed by atoms with E-state index in [9.17, 15) is 24.0 Å². The molecular formula is C26H29NO10. The molecule has 1 amide bonds. The summed E-state index contributed by atoms with van der Waals surface area (Å²) in [4.78, 5) is 60.3. The van der Waals surface area contributed by atoms with Crippen molar-refractivity contribution in [3.05, 3.63) is 48.0 Å². The molecule has 0 unspecified atom stereocenters. The minimum Gasteiger partial charge on any atom is -0.463 e. The van der Waals surface area contributed by atoms with Crippen molar-refractivity contribution in [1.29, 1.82) is 0 Å². The van der Waals surface area contributed by atoms with E-state index >= 15 is 0 Å². The summed E-state index contributed by atoms with van der Waals surface area (Å²) < 4.78 is 26.9. The van der Waals surface area contributed by atoms with Crippen molar-refractivity contribution < 1.29 is 47.7 Å². The van der Waals surface area contributed by atoms with Crippen molar-refractivity contribution in [3.8, 4) is 0 Å². The van der Waals surface area contributed by atoms with E-state index in [4.69, 9.17) is 23.7 Å². The van der Waals surface area contributed by atoms with E-state index in [2.05, 4.69) is 5.32 Å². The van der Waals surface area contributed by atoms with Gasteiger partial charge in [0, 0.05) is 27.7 Å². The van der Waals surface area contributed by atoms with Gasteiger partial charge in [0.1, 0.15) is 18.8 Å². The Balaban J connectivity index is 1.93. The van der Waals surface area contributed by atoms with Crippen LogP contribution in [0.4, 0.5) is 0 Å². The third-order valence-corrected chi connectivity index (χ3v) is 5.54. The molecular weight excluding hydrogens is 486 g/mol. The number of fused-ring (bicyclic) bond motifs is 1. The van der Waals surface area contributed by atoms with Crippen molar-refractivity contribution in [1.82, 2.24) is 5.32 Å². The third-order valence-electron chi connectivity index (χ3n) is 5.54. The van der Waals surface area contributed by atoms with Gasteiger partial charge >= 0.3 is 23.9 Å². The molecule has 0 aromatic heterocycles. The molecule has 1 N–H and O–H groups in total. The minimum atomic E-state index is -1.44. The highest BCUT2D eigenvalue weighted by molar-refractivity contribution is 5.90. The van der Waals surface area contributed by atoms with Gasteiger partial charge in [0.2, 0.25) is 12.2 Å². The molecule has 198 valence electrons. The zero-order valence-corrected chi connectivity index (χ0v) is 20.9. The van der Waals surface area contributed by atoms with E-state index in [-0.39, 0.29) is 13.0 Å². The summed E-state index contributed by atoms with van der Waals surface area (Å²) in [6, 6.07) is 11.9. The van der Waals surface area contributed by atoms with Crippen molar-refractivity contribution in [2.75, 3.05) is 6.61 Å². The van der Waals surface area contributed by atoms with E-state index < -0.39 is 60.4 Å². The first-order valence-corrected chi connectivity index (χ1v) is 11.6. The molecule has 11 nitrogen and oxygen atoms in total. The van der Waals surface area contributed by atoms with Gasteiger partial charge in [-0.3, -0.25) is 24.0 Å². The van der Waals surface area contributed by atoms with Gasteiger partial charge in [0.05, 0.1) is 6.42 Å². The van der Waals surface area contributed by atoms with Crippen LogP contribution in [0.3, 0.4) is 0 Å². The van der Waals surface area contributed by atoms with Crippen LogP contribution in [0.15, 0.2) is 42.5 Å². The molecule has 11 heteroatoms. The summed E-state index contributed by atoms with van der Waals surface area (Å²) in [7, 11) is 0. The minimum absolute atomic E-state index is 0.0491. The van der Waals surface area contributed by atoms with Crippen LogP contribution in [0.1, 0.15) is 33.3 Å². The Kier molecular flexibility index (Phi) is 9.18. The van der Waals surface area contributed by atoms with Crippen LogP contribution >= 0.6 is 0 Å². The number of esters is 4. The van der Waals surface area contributed by atoms with Crippen molar-refractivity contribution in [3.63, 3.8) is 0 Å². The molecule has 1 heterocycles. The maximum atomic E-state index is 13.2. The molecule has 0 radical (unpaired) electrons. The second kappa shape index (κ2) is 12.3. The first kappa shape index (κ1) is 27.6. The van der Waals surface area contributed by atoms with Gasteiger partial charge in [-0.2, -0.15) is 0 Å². The van der Waals surface area contributed by atoms with Gasteiger partial charge in [-0.1, -0.05) is 42.5 Å². The normalized spacial score (nSPS) is 23.0. The summed E-state index contributed by atoms with van der Waals surface area (Å²) in [5, 5.41) is 4.55. The van der Waals surface area contributed by atoms with Gasteiger partial charge in [0.15, 0.2) is 12.2 Å². The fraction of sp³-hybridized carbons (Fsp3) is 0.423.